The van der Waals surface area contributed by atoms with Crippen molar-refractivity contribution in [3.8, 4) is 0 Å². The topological polar surface area (TPSA) is 59.6 Å². The zero-order chi connectivity index (χ0) is 9.52. The second-order valence-electron chi connectivity index (χ2n) is 3.12. The van der Waals surface area contributed by atoms with Gasteiger partial charge in [0.25, 0.3) is 0 Å². The van der Waals surface area contributed by atoms with Crippen molar-refractivity contribution < 1.29 is 14.4 Å². The Hall–Kier alpha value is -0.810. The van der Waals surface area contributed by atoms with Gasteiger partial charge in [-0.05, 0) is 25.3 Å². The first-order valence-electron chi connectivity index (χ1n) is 4.49. The maximum absolute atomic E-state index is 10.6. The Kier molecular flexibility index (Phi) is 4.56. The molecule has 76 valence electrons. The van der Waals surface area contributed by atoms with E-state index in [9.17, 15) is 4.79 Å². The summed E-state index contributed by atoms with van der Waals surface area (Å²) in [5, 5.41) is 3.26. The van der Waals surface area contributed by atoms with Crippen LogP contribution in [0.3, 0.4) is 0 Å². The molecule has 0 radical (unpaired) electrons. The number of hydrogen-bond donors (Lipinski definition) is 2. The molecule has 1 aliphatic heterocycles. The summed E-state index contributed by atoms with van der Waals surface area (Å²) < 4.78 is 4.35. The lowest BCUT2D eigenvalue weighted by Gasteiger charge is -2.21. The molecule has 0 aliphatic carbocycles. The SMILES string of the molecule is COC(=O)NOCC1CCCNC1. The molecule has 1 saturated heterocycles. The molecule has 1 atom stereocenters. The number of hydrogen-bond acceptors (Lipinski definition) is 4. The number of ether oxygens (including phenoxy) is 1. The number of piperidine rings is 1. The first kappa shape index (κ1) is 10.3. The normalized spacial score (nSPS) is 22.4. The fourth-order valence-corrected chi connectivity index (χ4v) is 1.33. The largest absolute Gasteiger partial charge is 0.451 e. The Morgan fingerprint density at radius 2 is 2.54 bits per heavy atom. The molecule has 1 unspecified atom stereocenters. The lowest BCUT2D eigenvalue weighted by molar-refractivity contribution is 0.0122. The third-order valence-electron chi connectivity index (χ3n) is 2.06. The zero-order valence-electron chi connectivity index (χ0n) is 7.84. The van der Waals surface area contributed by atoms with Crippen LogP contribution in [0.2, 0.25) is 0 Å². The molecular formula is C8H16N2O3. The van der Waals surface area contributed by atoms with E-state index >= 15 is 0 Å². The Labute approximate surface area is 77.7 Å². The van der Waals surface area contributed by atoms with Crippen molar-refractivity contribution in [2.45, 2.75) is 12.8 Å². The van der Waals surface area contributed by atoms with Gasteiger partial charge in [-0.25, -0.2) is 4.79 Å². The molecule has 1 fully saturated rings. The summed E-state index contributed by atoms with van der Waals surface area (Å²) in [5.41, 5.74) is 2.19. The smallest absolute Gasteiger partial charge is 0.431 e. The second kappa shape index (κ2) is 5.77. The van der Waals surface area contributed by atoms with Crippen LogP contribution in [0.5, 0.6) is 0 Å². The van der Waals surface area contributed by atoms with Crippen LogP contribution in [0.1, 0.15) is 12.8 Å². The summed E-state index contributed by atoms with van der Waals surface area (Å²) in [6.07, 6.45) is 1.77. The van der Waals surface area contributed by atoms with Gasteiger partial charge < -0.3 is 10.1 Å². The van der Waals surface area contributed by atoms with Crippen LogP contribution < -0.4 is 10.8 Å². The number of carbonyl (C=O) groups excluding carboxylic acids is 1. The molecular weight excluding hydrogens is 172 g/mol. The van der Waals surface area contributed by atoms with Gasteiger partial charge in [0.2, 0.25) is 0 Å². The molecule has 5 nitrogen and oxygen atoms in total. The average Bonchev–Trinajstić information content (AvgIpc) is 2.19. The fourth-order valence-electron chi connectivity index (χ4n) is 1.33. The minimum absolute atomic E-state index is 0.492. The molecule has 13 heavy (non-hydrogen) atoms. The van der Waals surface area contributed by atoms with E-state index in [0.29, 0.717) is 12.5 Å². The van der Waals surface area contributed by atoms with Crippen LogP contribution in [0.15, 0.2) is 0 Å². The van der Waals surface area contributed by atoms with Crippen LogP contribution in [0.4, 0.5) is 4.79 Å². The molecule has 0 saturated carbocycles. The standard InChI is InChI=1S/C8H16N2O3/c1-12-8(11)10-13-6-7-3-2-4-9-5-7/h7,9H,2-6H2,1H3,(H,10,11). The second-order valence-corrected chi connectivity index (χ2v) is 3.12. The minimum Gasteiger partial charge on any atom is -0.451 e. The first-order valence-corrected chi connectivity index (χ1v) is 4.49. The highest BCUT2D eigenvalue weighted by atomic mass is 16.7. The number of methoxy groups -OCH3 is 1. The summed E-state index contributed by atoms with van der Waals surface area (Å²) in [6.45, 7) is 2.59. The highest BCUT2D eigenvalue weighted by molar-refractivity contribution is 5.65. The quantitative estimate of drug-likeness (QED) is 0.624. The molecule has 1 aliphatic rings. The Morgan fingerprint density at radius 3 is 3.15 bits per heavy atom. The molecule has 0 spiro atoms. The zero-order valence-corrected chi connectivity index (χ0v) is 7.84. The van der Waals surface area contributed by atoms with E-state index in [1.165, 1.54) is 13.5 Å². The molecule has 1 amide bonds. The van der Waals surface area contributed by atoms with Crippen LogP contribution >= 0.6 is 0 Å². The van der Waals surface area contributed by atoms with Crippen molar-refractivity contribution in [1.82, 2.24) is 10.8 Å². The first-order chi connectivity index (χ1) is 6.33. The summed E-state index contributed by atoms with van der Waals surface area (Å²) in [7, 11) is 1.31. The van der Waals surface area contributed by atoms with Gasteiger partial charge >= 0.3 is 6.09 Å². The lowest BCUT2D eigenvalue weighted by atomic mass is 10.0. The van der Waals surface area contributed by atoms with E-state index in [4.69, 9.17) is 4.84 Å². The summed E-state index contributed by atoms with van der Waals surface area (Å²) >= 11 is 0. The number of amides is 1. The number of hydroxylamine groups is 1. The molecule has 0 aromatic heterocycles. The predicted molar refractivity (Wildman–Crippen MR) is 47.1 cm³/mol. The van der Waals surface area contributed by atoms with Gasteiger partial charge in [-0.2, -0.15) is 5.48 Å². The number of rotatable bonds is 3. The van der Waals surface area contributed by atoms with Crippen molar-refractivity contribution in [1.29, 1.82) is 0 Å². The highest BCUT2D eigenvalue weighted by Gasteiger charge is 2.13. The van der Waals surface area contributed by atoms with Crippen LogP contribution in [-0.4, -0.2) is 32.9 Å². The van der Waals surface area contributed by atoms with E-state index in [1.807, 2.05) is 0 Å². The highest BCUT2D eigenvalue weighted by Crippen LogP contribution is 2.09. The molecule has 0 aromatic carbocycles. The molecule has 2 N–H and O–H groups in total. The third kappa shape index (κ3) is 4.10. The monoisotopic (exact) mass is 188 g/mol. The van der Waals surface area contributed by atoms with Crippen molar-refractivity contribution in [3.05, 3.63) is 0 Å². The molecule has 1 heterocycles. The maximum atomic E-state index is 10.6. The Bertz CT molecular complexity index is 157. The molecule has 1 rings (SSSR count). The summed E-state index contributed by atoms with van der Waals surface area (Å²) in [5.74, 6) is 0.492. The van der Waals surface area contributed by atoms with E-state index in [1.54, 1.807) is 0 Å². The summed E-state index contributed by atoms with van der Waals surface area (Å²) in [6, 6.07) is 0. The van der Waals surface area contributed by atoms with E-state index in [-0.39, 0.29) is 0 Å². The maximum Gasteiger partial charge on any atom is 0.431 e. The van der Waals surface area contributed by atoms with Crippen molar-refractivity contribution in [3.63, 3.8) is 0 Å². The van der Waals surface area contributed by atoms with Gasteiger partial charge in [-0.3, -0.25) is 4.84 Å². The predicted octanol–water partition coefficient (Wildman–Crippen LogP) is 0.274. The van der Waals surface area contributed by atoms with Crippen molar-refractivity contribution in [2.24, 2.45) is 5.92 Å². The van der Waals surface area contributed by atoms with Crippen molar-refractivity contribution in [2.75, 3.05) is 26.8 Å². The van der Waals surface area contributed by atoms with Gasteiger partial charge in [0.1, 0.15) is 0 Å². The molecule has 5 heteroatoms. The van der Waals surface area contributed by atoms with E-state index < -0.39 is 6.09 Å². The van der Waals surface area contributed by atoms with Gasteiger partial charge in [-0.15, -0.1) is 0 Å². The van der Waals surface area contributed by atoms with E-state index in [2.05, 4.69) is 15.5 Å². The molecule has 0 bridgehead atoms. The third-order valence-corrected chi connectivity index (χ3v) is 2.06. The van der Waals surface area contributed by atoms with Gasteiger partial charge in [0.05, 0.1) is 13.7 Å². The van der Waals surface area contributed by atoms with E-state index in [0.717, 1.165) is 19.5 Å². The Morgan fingerprint density at radius 1 is 1.69 bits per heavy atom. The minimum atomic E-state index is -0.552. The average molecular weight is 188 g/mol. The van der Waals surface area contributed by atoms with Gasteiger partial charge in [-0.1, -0.05) is 0 Å². The van der Waals surface area contributed by atoms with Gasteiger partial charge in [0, 0.05) is 6.54 Å². The van der Waals surface area contributed by atoms with Gasteiger partial charge in [0.15, 0.2) is 0 Å². The molecule has 0 aromatic rings. The van der Waals surface area contributed by atoms with Crippen LogP contribution in [-0.2, 0) is 9.57 Å². The fraction of sp³-hybridized carbons (Fsp3) is 0.875. The lowest BCUT2D eigenvalue weighted by Crippen LogP contribution is -2.35. The van der Waals surface area contributed by atoms with Crippen LogP contribution in [0, 0.1) is 5.92 Å². The number of carbonyl (C=O) groups is 1. The Balaban J connectivity index is 2.01. The van der Waals surface area contributed by atoms with Crippen molar-refractivity contribution >= 4 is 6.09 Å². The summed E-state index contributed by atoms with van der Waals surface area (Å²) in [4.78, 5) is 15.5. The number of nitrogens with one attached hydrogen (secondary N) is 2. The van der Waals surface area contributed by atoms with Crippen LogP contribution in [0.25, 0.3) is 0 Å².